The predicted molar refractivity (Wildman–Crippen MR) is 81.9 cm³/mol. The molecule has 0 amide bonds. The largest absolute Gasteiger partial charge is 0.475 e. The monoisotopic (exact) mass is 307 g/mol. The normalized spacial score (nSPS) is 17.4. The summed E-state index contributed by atoms with van der Waals surface area (Å²) in [6, 6.07) is 5.41. The van der Waals surface area contributed by atoms with E-state index in [-0.39, 0.29) is 5.76 Å². The molecule has 5 heteroatoms. The van der Waals surface area contributed by atoms with Crippen LogP contribution in [0.4, 0.5) is 0 Å². The molecule has 2 heterocycles. The van der Waals surface area contributed by atoms with Gasteiger partial charge >= 0.3 is 5.97 Å². The van der Waals surface area contributed by atoms with Crippen LogP contribution in [0, 0.1) is 5.92 Å². The third-order valence-corrected chi connectivity index (χ3v) is 4.52. The lowest BCUT2D eigenvalue weighted by Gasteiger charge is -2.30. The Morgan fingerprint density at radius 3 is 2.81 bits per heavy atom. The van der Waals surface area contributed by atoms with E-state index in [1.165, 1.54) is 0 Å². The van der Waals surface area contributed by atoms with E-state index in [2.05, 4.69) is 11.8 Å². The number of carboxylic acids is 1. The summed E-state index contributed by atoms with van der Waals surface area (Å²) in [5.41, 5.74) is 1.20. The van der Waals surface area contributed by atoms with Crippen molar-refractivity contribution in [3.05, 3.63) is 34.5 Å². The number of carbonyl (C=O) groups is 1. The van der Waals surface area contributed by atoms with Gasteiger partial charge < -0.3 is 9.52 Å². The number of likely N-dealkylation sites (tertiary alicyclic amines) is 1. The van der Waals surface area contributed by atoms with Crippen LogP contribution in [0.25, 0.3) is 11.0 Å². The van der Waals surface area contributed by atoms with Crippen LogP contribution in [0.2, 0.25) is 5.02 Å². The fourth-order valence-corrected chi connectivity index (χ4v) is 3.12. The fraction of sp³-hybridized carbons (Fsp3) is 0.438. The molecule has 2 aromatic rings. The number of fused-ring (bicyclic) bond motifs is 1. The van der Waals surface area contributed by atoms with Crippen LogP contribution in [0.1, 0.15) is 35.9 Å². The van der Waals surface area contributed by atoms with Crippen molar-refractivity contribution in [2.45, 2.75) is 26.3 Å². The van der Waals surface area contributed by atoms with E-state index in [0.29, 0.717) is 17.2 Å². The Morgan fingerprint density at radius 2 is 2.14 bits per heavy atom. The number of para-hydroxylation sites is 1. The molecule has 0 radical (unpaired) electrons. The summed E-state index contributed by atoms with van der Waals surface area (Å²) < 4.78 is 5.50. The summed E-state index contributed by atoms with van der Waals surface area (Å²) in [6.45, 7) is 4.84. The number of benzene rings is 1. The molecule has 1 saturated heterocycles. The van der Waals surface area contributed by atoms with Crippen molar-refractivity contribution in [3.63, 3.8) is 0 Å². The van der Waals surface area contributed by atoms with E-state index in [1.54, 1.807) is 6.07 Å². The Labute approximate surface area is 128 Å². The molecule has 1 aliphatic heterocycles. The van der Waals surface area contributed by atoms with Gasteiger partial charge in [0.1, 0.15) is 0 Å². The van der Waals surface area contributed by atoms with Gasteiger partial charge in [-0.3, -0.25) is 4.90 Å². The van der Waals surface area contributed by atoms with Gasteiger partial charge in [0.25, 0.3) is 0 Å². The topological polar surface area (TPSA) is 53.7 Å². The lowest BCUT2D eigenvalue weighted by molar-refractivity contribution is 0.0660. The molecule has 1 fully saturated rings. The molecule has 112 valence electrons. The first kappa shape index (κ1) is 14.4. The Hall–Kier alpha value is -1.52. The lowest BCUT2D eigenvalue weighted by Crippen LogP contribution is -2.32. The smallest absolute Gasteiger partial charge is 0.372 e. The maximum atomic E-state index is 11.4. The first-order valence-corrected chi connectivity index (χ1v) is 7.59. The van der Waals surface area contributed by atoms with Crippen LogP contribution in [-0.2, 0) is 6.54 Å². The van der Waals surface area contributed by atoms with Crippen LogP contribution in [-0.4, -0.2) is 29.1 Å². The van der Waals surface area contributed by atoms with Gasteiger partial charge in [-0.25, -0.2) is 4.79 Å². The number of rotatable bonds is 3. The van der Waals surface area contributed by atoms with Crippen LogP contribution in [0.15, 0.2) is 22.6 Å². The highest BCUT2D eigenvalue weighted by Crippen LogP contribution is 2.32. The molecule has 0 unspecified atom stereocenters. The predicted octanol–water partition coefficient (Wildman–Crippen LogP) is 4.02. The van der Waals surface area contributed by atoms with Gasteiger partial charge in [-0.15, -0.1) is 0 Å². The molecule has 0 atom stereocenters. The summed E-state index contributed by atoms with van der Waals surface area (Å²) in [5, 5.41) is 10.6. The van der Waals surface area contributed by atoms with E-state index in [1.807, 2.05) is 12.1 Å². The minimum absolute atomic E-state index is 0.0109. The number of furan rings is 1. The summed E-state index contributed by atoms with van der Waals surface area (Å²) >= 11 is 6.11. The molecule has 4 nitrogen and oxygen atoms in total. The van der Waals surface area contributed by atoms with Crippen LogP contribution in [0.3, 0.4) is 0 Å². The zero-order valence-electron chi connectivity index (χ0n) is 11.9. The first-order valence-electron chi connectivity index (χ1n) is 7.22. The van der Waals surface area contributed by atoms with E-state index in [0.717, 1.165) is 42.8 Å². The lowest BCUT2D eigenvalue weighted by atomic mass is 9.98. The van der Waals surface area contributed by atoms with Crippen molar-refractivity contribution in [2.24, 2.45) is 5.92 Å². The zero-order chi connectivity index (χ0) is 15.0. The summed E-state index contributed by atoms with van der Waals surface area (Å²) in [6.07, 6.45) is 2.30. The molecule has 1 aliphatic rings. The Balaban J connectivity index is 1.98. The van der Waals surface area contributed by atoms with Crippen molar-refractivity contribution < 1.29 is 14.3 Å². The van der Waals surface area contributed by atoms with Crippen molar-refractivity contribution in [1.29, 1.82) is 0 Å². The average Bonchev–Trinajstić information content (AvgIpc) is 2.82. The van der Waals surface area contributed by atoms with E-state index in [4.69, 9.17) is 16.0 Å². The van der Waals surface area contributed by atoms with Gasteiger partial charge in [-0.1, -0.05) is 30.7 Å². The van der Waals surface area contributed by atoms with E-state index >= 15 is 0 Å². The summed E-state index contributed by atoms with van der Waals surface area (Å²) in [7, 11) is 0. The first-order chi connectivity index (χ1) is 10.1. The quantitative estimate of drug-likeness (QED) is 0.930. The van der Waals surface area contributed by atoms with Crippen molar-refractivity contribution in [3.8, 4) is 0 Å². The summed E-state index contributed by atoms with van der Waals surface area (Å²) in [5.74, 6) is -0.282. The molecule has 1 aromatic carbocycles. The van der Waals surface area contributed by atoms with Crippen molar-refractivity contribution in [1.82, 2.24) is 4.90 Å². The summed E-state index contributed by atoms with van der Waals surface area (Å²) in [4.78, 5) is 13.7. The molecular weight excluding hydrogens is 290 g/mol. The number of hydrogen-bond acceptors (Lipinski definition) is 3. The van der Waals surface area contributed by atoms with Gasteiger partial charge in [0.15, 0.2) is 5.58 Å². The standard InChI is InChI=1S/C16H18ClNO3/c1-10-5-7-18(8-6-10)9-12-11-3-2-4-13(17)14(11)21-15(12)16(19)20/h2-4,10H,5-9H2,1H3,(H,19,20). The number of hydrogen-bond donors (Lipinski definition) is 1. The Morgan fingerprint density at radius 1 is 1.43 bits per heavy atom. The molecule has 1 aromatic heterocycles. The van der Waals surface area contributed by atoms with Crippen molar-refractivity contribution >= 4 is 28.5 Å². The molecule has 0 spiro atoms. The van der Waals surface area contributed by atoms with Gasteiger partial charge in [0.05, 0.1) is 5.02 Å². The van der Waals surface area contributed by atoms with E-state index in [9.17, 15) is 9.90 Å². The second-order valence-electron chi connectivity index (χ2n) is 5.79. The maximum absolute atomic E-state index is 11.4. The third-order valence-electron chi connectivity index (χ3n) is 4.22. The molecule has 0 saturated carbocycles. The number of carboxylic acid groups (broad SMARTS) is 1. The van der Waals surface area contributed by atoms with Gasteiger partial charge in [-0.05, 0) is 37.9 Å². The highest BCUT2D eigenvalue weighted by molar-refractivity contribution is 6.35. The van der Waals surface area contributed by atoms with E-state index < -0.39 is 5.97 Å². The second kappa shape index (κ2) is 5.70. The number of aromatic carboxylic acids is 1. The number of piperidine rings is 1. The third kappa shape index (κ3) is 2.78. The van der Waals surface area contributed by atoms with Crippen LogP contribution >= 0.6 is 11.6 Å². The molecule has 21 heavy (non-hydrogen) atoms. The Kier molecular flexibility index (Phi) is 3.91. The van der Waals surface area contributed by atoms with Gasteiger partial charge in [0, 0.05) is 17.5 Å². The average molecular weight is 308 g/mol. The van der Waals surface area contributed by atoms with Gasteiger partial charge in [-0.2, -0.15) is 0 Å². The Bertz CT molecular complexity index is 671. The van der Waals surface area contributed by atoms with Crippen molar-refractivity contribution in [2.75, 3.05) is 13.1 Å². The van der Waals surface area contributed by atoms with Gasteiger partial charge in [0.2, 0.25) is 5.76 Å². The fourth-order valence-electron chi connectivity index (χ4n) is 2.91. The number of halogens is 1. The maximum Gasteiger partial charge on any atom is 0.372 e. The molecular formula is C16H18ClNO3. The molecule has 0 aliphatic carbocycles. The minimum atomic E-state index is -1.04. The molecule has 0 bridgehead atoms. The number of nitrogens with zero attached hydrogens (tertiary/aromatic N) is 1. The highest BCUT2D eigenvalue weighted by Gasteiger charge is 2.24. The second-order valence-corrected chi connectivity index (χ2v) is 6.20. The molecule has 1 N–H and O–H groups in total. The zero-order valence-corrected chi connectivity index (χ0v) is 12.7. The van der Waals surface area contributed by atoms with Crippen LogP contribution < -0.4 is 0 Å². The minimum Gasteiger partial charge on any atom is -0.475 e. The van der Waals surface area contributed by atoms with Crippen LogP contribution in [0.5, 0.6) is 0 Å². The highest BCUT2D eigenvalue weighted by atomic mass is 35.5. The molecule has 3 rings (SSSR count). The SMILES string of the molecule is CC1CCN(Cc2c(C(=O)O)oc3c(Cl)cccc23)CC1.